The van der Waals surface area contributed by atoms with Crippen LogP contribution in [0.4, 0.5) is 0 Å². The molecule has 0 radical (unpaired) electrons. The molecule has 2 heterocycles. The van der Waals surface area contributed by atoms with E-state index in [0.29, 0.717) is 17.6 Å². The largest absolute Gasteiger partial charge is 0.309 e. The van der Waals surface area contributed by atoms with Crippen LogP contribution in [-0.4, -0.2) is 9.13 Å². The molecule has 1 aliphatic rings. The molecular formula is C44H28N4. The molecule has 0 saturated heterocycles. The molecule has 2 aromatic heterocycles. The monoisotopic (exact) mass is 612 g/mol. The minimum Gasteiger partial charge on any atom is -0.309 e. The Morgan fingerprint density at radius 1 is 0.500 bits per heavy atom. The number of hydrogen-bond donors (Lipinski definition) is 0. The normalized spacial score (nSPS) is 14.6. The van der Waals surface area contributed by atoms with Gasteiger partial charge in [-0.05, 0) is 66.1 Å². The Morgan fingerprint density at radius 2 is 1.00 bits per heavy atom. The van der Waals surface area contributed by atoms with E-state index >= 15 is 0 Å². The molecule has 8 aromatic rings. The summed E-state index contributed by atoms with van der Waals surface area (Å²) >= 11 is 0. The molecule has 9 rings (SSSR count). The summed E-state index contributed by atoms with van der Waals surface area (Å²) in [6, 6.07) is 53.4. The third-order valence-corrected chi connectivity index (χ3v) is 9.83. The third kappa shape index (κ3) is 4.14. The van der Waals surface area contributed by atoms with Crippen LogP contribution in [0.2, 0.25) is 0 Å². The standard InChI is InChI=1S/C44H28N4/c45-27-31-23-21-29(33-11-1-6-16-39(33)47-40-17-7-2-12-34(40)35-13-3-8-18-41(35)47)25-38(31)30-22-24-32(28-46)44(26-30)48-42-19-9-4-14-36(42)37-15-5-10-20-43(37)48/h1-24,26,38H,25H2. The van der Waals surface area contributed by atoms with Gasteiger partial charge in [0, 0.05) is 38.6 Å². The second kappa shape index (κ2) is 11.0. The van der Waals surface area contributed by atoms with Gasteiger partial charge < -0.3 is 9.13 Å². The Hall–Kier alpha value is -6.62. The predicted octanol–water partition coefficient (Wildman–Crippen LogP) is 10.8. The van der Waals surface area contributed by atoms with Crippen LogP contribution in [0, 0.1) is 22.7 Å². The first-order chi connectivity index (χ1) is 23.7. The van der Waals surface area contributed by atoms with Crippen LogP contribution in [-0.2, 0) is 0 Å². The van der Waals surface area contributed by atoms with Gasteiger partial charge in [0.1, 0.15) is 6.07 Å². The molecule has 0 N–H and O–H groups in total. The van der Waals surface area contributed by atoms with Crippen LogP contribution in [0.15, 0.2) is 157 Å². The van der Waals surface area contributed by atoms with Crippen LogP contribution in [0.3, 0.4) is 0 Å². The SMILES string of the molecule is N#CC1=CC=C(c2ccccc2-n2c3ccccc3c3ccccc32)CC1c1ccc(C#N)c(-n2c3ccccc3c3ccccc32)c1. The topological polar surface area (TPSA) is 57.4 Å². The summed E-state index contributed by atoms with van der Waals surface area (Å²) in [4.78, 5) is 0. The van der Waals surface area contributed by atoms with Crippen molar-refractivity contribution in [2.24, 2.45) is 0 Å². The Morgan fingerprint density at radius 3 is 1.54 bits per heavy atom. The zero-order chi connectivity index (χ0) is 32.2. The minimum atomic E-state index is -0.166. The Balaban J connectivity index is 1.19. The molecule has 224 valence electrons. The van der Waals surface area contributed by atoms with Gasteiger partial charge in [-0.3, -0.25) is 0 Å². The summed E-state index contributed by atoms with van der Waals surface area (Å²) in [6.45, 7) is 0. The molecule has 0 bridgehead atoms. The zero-order valence-corrected chi connectivity index (χ0v) is 26.0. The number of nitriles is 2. The van der Waals surface area contributed by atoms with Gasteiger partial charge in [0.2, 0.25) is 0 Å². The van der Waals surface area contributed by atoms with Gasteiger partial charge >= 0.3 is 0 Å². The van der Waals surface area contributed by atoms with Gasteiger partial charge in [0.15, 0.2) is 0 Å². The molecular weight excluding hydrogens is 585 g/mol. The summed E-state index contributed by atoms with van der Waals surface area (Å²) < 4.78 is 4.56. The van der Waals surface area contributed by atoms with Crippen LogP contribution >= 0.6 is 0 Å². The second-order valence-electron chi connectivity index (χ2n) is 12.3. The van der Waals surface area contributed by atoms with Gasteiger partial charge in [-0.15, -0.1) is 0 Å². The lowest BCUT2D eigenvalue weighted by atomic mass is 9.80. The highest BCUT2D eigenvalue weighted by Gasteiger charge is 2.26. The lowest BCUT2D eigenvalue weighted by Gasteiger charge is -2.25. The average Bonchev–Trinajstić information content (AvgIpc) is 3.67. The van der Waals surface area contributed by atoms with E-state index in [0.717, 1.165) is 55.3 Å². The molecule has 6 aromatic carbocycles. The first-order valence-corrected chi connectivity index (χ1v) is 16.2. The zero-order valence-electron chi connectivity index (χ0n) is 26.0. The summed E-state index contributed by atoms with van der Waals surface area (Å²) in [5.74, 6) is -0.166. The van der Waals surface area contributed by atoms with Gasteiger partial charge in [0.05, 0.1) is 45.1 Å². The number of hydrogen-bond acceptors (Lipinski definition) is 2. The number of rotatable bonds is 4. The van der Waals surface area contributed by atoms with Crippen molar-refractivity contribution < 1.29 is 0 Å². The van der Waals surface area contributed by atoms with Crippen LogP contribution in [0.25, 0.3) is 60.6 Å². The van der Waals surface area contributed by atoms with E-state index in [1.807, 2.05) is 30.3 Å². The van der Waals surface area contributed by atoms with E-state index in [9.17, 15) is 10.5 Å². The predicted molar refractivity (Wildman–Crippen MR) is 195 cm³/mol. The van der Waals surface area contributed by atoms with Crippen molar-refractivity contribution in [3.05, 3.63) is 174 Å². The van der Waals surface area contributed by atoms with E-state index in [1.54, 1.807) is 0 Å². The summed E-state index contributed by atoms with van der Waals surface area (Å²) in [5, 5.41) is 25.4. The number of aromatic nitrogens is 2. The maximum atomic E-state index is 10.3. The van der Waals surface area contributed by atoms with Crippen molar-refractivity contribution in [3.8, 4) is 23.5 Å². The number of nitrogens with zero attached hydrogens (tertiary/aromatic N) is 4. The maximum Gasteiger partial charge on any atom is 0.101 e. The first-order valence-electron chi connectivity index (χ1n) is 16.2. The van der Waals surface area contributed by atoms with Crippen molar-refractivity contribution in [2.45, 2.75) is 12.3 Å². The van der Waals surface area contributed by atoms with E-state index in [4.69, 9.17) is 0 Å². The second-order valence-corrected chi connectivity index (χ2v) is 12.3. The van der Waals surface area contributed by atoms with E-state index in [1.165, 1.54) is 16.3 Å². The molecule has 0 fully saturated rings. The molecule has 1 aliphatic carbocycles. The van der Waals surface area contributed by atoms with Crippen LogP contribution < -0.4 is 0 Å². The van der Waals surface area contributed by atoms with E-state index in [-0.39, 0.29) is 5.92 Å². The van der Waals surface area contributed by atoms with Gasteiger partial charge in [-0.1, -0.05) is 103 Å². The Labute approximate surface area is 277 Å². The average molecular weight is 613 g/mol. The van der Waals surface area contributed by atoms with Crippen molar-refractivity contribution >= 4 is 49.2 Å². The fourth-order valence-corrected chi connectivity index (χ4v) is 7.67. The number of allylic oxidation sites excluding steroid dienone is 4. The molecule has 4 nitrogen and oxygen atoms in total. The lowest BCUT2D eigenvalue weighted by molar-refractivity contribution is 0.831. The summed E-state index contributed by atoms with van der Waals surface area (Å²) in [7, 11) is 0. The Bertz CT molecular complexity index is 2630. The van der Waals surface area contributed by atoms with E-state index in [2.05, 4.69) is 143 Å². The number of fused-ring (bicyclic) bond motifs is 6. The molecule has 1 unspecified atom stereocenters. The molecule has 0 aliphatic heterocycles. The van der Waals surface area contributed by atoms with Gasteiger partial charge in [-0.25, -0.2) is 0 Å². The van der Waals surface area contributed by atoms with Crippen molar-refractivity contribution in [1.82, 2.24) is 9.13 Å². The van der Waals surface area contributed by atoms with E-state index < -0.39 is 0 Å². The van der Waals surface area contributed by atoms with Crippen molar-refractivity contribution in [3.63, 3.8) is 0 Å². The highest BCUT2D eigenvalue weighted by Crippen LogP contribution is 2.43. The molecule has 1 atom stereocenters. The number of benzene rings is 6. The molecule has 0 saturated carbocycles. The highest BCUT2D eigenvalue weighted by molar-refractivity contribution is 6.10. The molecule has 0 amide bonds. The van der Waals surface area contributed by atoms with Crippen molar-refractivity contribution in [2.75, 3.05) is 0 Å². The molecule has 48 heavy (non-hydrogen) atoms. The van der Waals surface area contributed by atoms with Gasteiger partial charge in [-0.2, -0.15) is 10.5 Å². The fourth-order valence-electron chi connectivity index (χ4n) is 7.67. The lowest BCUT2D eigenvalue weighted by Crippen LogP contribution is -2.09. The molecule has 0 spiro atoms. The van der Waals surface area contributed by atoms with Crippen LogP contribution in [0.1, 0.15) is 29.0 Å². The highest BCUT2D eigenvalue weighted by atomic mass is 15.0. The summed E-state index contributed by atoms with van der Waals surface area (Å²) in [6.07, 6.45) is 4.75. The smallest absolute Gasteiger partial charge is 0.101 e. The molecule has 4 heteroatoms. The maximum absolute atomic E-state index is 10.3. The fraction of sp³-hybridized carbons (Fsp3) is 0.0455. The first kappa shape index (κ1) is 27.7. The Kier molecular flexibility index (Phi) is 6.35. The third-order valence-electron chi connectivity index (χ3n) is 9.83. The number of para-hydroxylation sites is 5. The quantitative estimate of drug-likeness (QED) is 0.199. The summed E-state index contributed by atoms with van der Waals surface area (Å²) in [5.41, 5.74) is 11.0. The van der Waals surface area contributed by atoms with Crippen LogP contribution in [0.5, 0.6) is 0 Å². The van der Waals surface area contributed by atoms with Crippen molar-refractivity contribution in [1.29, 1.82) is 10.5 Å². The minimum absolute atomic E-state index is 0.166. The van der Waals surface area contributed by atoms with Gasteiger partial charge in [0.25, 0.3) is 0 Å².